The van der Waals surface area contributed by atoms with Crippen molar-refractivity contribution in [1.82, 2.24) is 10.2 Å². The Balaban J connectivity index is 2.25. The van der Waals surface area contributed by atoms with E-state index in [-0.39, 0.29) is 5.02 Å². The summed E-state index contributed by atoms with van der Waals surface area (Å²) in [6.07, 6.45) is 0. The number of benzene rings is 1. The van der Waals surface area contributed by atoms with Crippen LogP contribution in [0.5, 0.6) is 0 Å². The number of aromatic amines is 1. The van der Waals surface area contributed by atoms with E-state index in [0.717, 1.165) is 10.4 Å². The van der Waals surface area contributed by atoms with Gasteiger partial charge in [0.1, 0.15) is 5.82 Å². The van der Waals surface area contributed by atoms with Gasteiger partial charge in [0.25, 0.3) is 0 Å². The number of aromatic nitrogens is 2. The summed E-state index contributed by atoms with van der Waals surface area (Å²) >= 11 is 7.55. The molecule has 3 nitrogen and oxygen atoms in total. The van der Waals surface area contributed by atoms with Gasteiger partial charge in [0.15, 0.2) is 5.82 Å². The molecule has 0 saturated carbocycles. The van der Waals surface area contributed by atoms with Crippen LogP contribution in [0.2, 0.25) is 5.02 Å². The molecule has 0 spiro atoms. The number of hydrogen-bond donors (Lipinski definition) is 2. The third kappa shape index (κ3) is 2.01. The molecule has 2 heterocycles. The number of H-pyrrole nitrogens is 1. The van der Waals surface area contributed by atoms with Crippen molar-refractivity contribution in [1.29, 1.82) is 0 Å². The molecule has 19 heavy (non-hydrogen) atoms. The van der Waals surface area contributed by atoms with Crippen LogP contribution in [0, 0.1) is 5.82 Å². The highest BCUT2D eigenvalue weighted by Crippen LogP contribution is 2.40. The summed E-state index contributed by atoms with van der Waals surface area (Å²) in [5.74, 6) is -0.0951. The molecule has 0 unspecified atom stereocenters. The van der Waals surface area contributed by atoms with Gasteiger partial charge in [0.2, 0.25) is 0 Å². The summed E-state index contributed by atoms with van der Waals surface area (Å²) in [6.45, 7) is 0. The van der Waals surface area contributed by atoms with Gasteiger partial charge >= 0.3 is 0 Å². The Hall–Kier alpha value is -1.85. The van der Waals surface area contributed by atoms with Crippen molar-refractivity contribution in [2.45, 2.75) is 0 Å². The van der Waals surface area contributed by atoms with Crippen LogP contribution >= 0.6 is 22.9 Å². The fourth-order valence-electron chi connectivity index (χ4n) is 1.92. The van der Waals surface area contributed by atoms with Crippen LogP contribution in [0.15, 0.2) is 35.7 Å². The first kappa shape index (κ1) is 12.2. The molecule has 96 valence electrons. The number of anilines is 1. The highest BCUT2D eigenvalue weighted by atomic mass is 35.5. The molecule has 0 aliphatic carbocycles. The zero-order valence-corrected chi connectivity index (χ0v) is 11.2. The summed E-state index contributed by atoms with van der Waals surface area (Å²) < 4.78 is 13.6. The molecule has 2 aromatic heterocycles. The minimum Gasteiger partial charge on any atom is -0.382 e. The maximum absolute atomic E-state index is 13.6. The minimum atomic E-state index is -0.468. The third-order valence-corrected chi connectivity index (χ3v) is 4.05. The smallest absolute Gasteiger partial charge is 0.154 e. The highest BCUT2D eigenvalue weighted by Gasteiger charge is 2.18. The number of hydrogen-bond acceptors (Lipinski definition) is 3. The Morgan fingerprint density at radius 2 is 2.11 bits per heavy atom. The molecule has 0 bridgehead atoms. The van der Waals surface area contributed by atoms with Gasteiger partial charge in [-0.1, -0.05) is 29.8 Å². The first-order valence-corrected chi connectivity index (χ1v) is 6.76. The molecule has 3 aromatic rings. The molecule has 0 saturated heterocycles. The van der Waals surface area contributed by atoms with E-state index >= 15 is 0 Å². The van der Waals surface area contributed by atoms with Gasteiger partial charge in [0.05, 0.1) is 16.3 Å². The second-order valence-electron chi connectivity index (χ2n) is 3.94. The fraction of sp³-hybridized carbons (Fsp3) is 0. The summed E-state index contributed by atoms with van der Waals surface area (Å²) in [4.78, 5) is 0.960. The topological polar surface area (TPSA) is 54.7 Å². The van der Waals surface area contributed by atoms with Crippen molar-refractivity contribution in [2.24, 2.45) is 0 Å². The zero-order chi connectivity index (χ0) is 13.4. The van der Waals surface area contributed by atoms with E-state index in [1.165, 1.54) is 17.4 Å². The lowest BCUT2D eigenvalue weighted by atomic mass is 10.1. The SMILES string of the molecule is Nc1n[nH]c(-c2cccc(F)c2Cl)c1-c1cccs1. The van der Waals surface area contributed by atoms with Gasteiger partial charge < -0.3 is 5.73 Å². The quantitative estimate of drug-likeness (QED) is 0.744. The van der Waals surface area contributed by atoms with Gasteiger partial charge in [-0.3, -0.25) is 5.10 Å². The Morgan fingerprint density at radius 3 is 2.84 bits per heavy atom. The molecule has 0 amide bonds. The first-order chi connectivity index (χ1) is 9.18. The molecule has 3 rings (SSSR count). The number of rotatable bonds is 2. The number of nitrogens with two attached hydrogens (primary N) is 1. The van der Waals surface area contributed by atoms with E-state index in [2.05, 4.69) is 10.2 Å². The average Bonchev–Trinajstić information content (AvgIpc) is 3.02. The predicted octanol–water partition coefficient (Wildman–Crippen LogP) is 4.18. The number of nitrogens with one attached hydrogen (secondary N) is 1. The lowest BCUT2D eigenvalue weighted by Crippen LogP contribution is -1.88. The van der Waals surface area contributed by atoms with E-state index in [9.17, 15) is 4.39 Å². The fourth-order valence-corrected chi connectivity index (χ4v) is 2.92. The number of thiophene rings is 1. The van der Waals surface area contributed by atoms with Crippen molar-refractivity contribution in [3.05, 3.63) is 46.6 Å². The Kier molecular flexibility index (Phi) is 3.00. The minimum absolute atomic E-state index is 0.0592. The molecule has 1 aromatic carbocycles. The van der Waals surface area contributed by atoms with Crippen LogP contribution in [-0.2, 0) is 0 Å². The van der Waals surface area contributed by atoms with Crippen LogP contribution in [0.3, 0.4) is 0 Å². The molecule has 0 radical (unpaired) electrons. The molecule has 0 aliphatic rings. The van der Waals surface area contributed by atoms with Crippen molar-refractivity contribution >= 4 is 28.8 Å². The van der Waals surface area contributed by atoms with Gasteiger partial charge in [-0.15, -0.1) is 11.3 Å². The molecular weight excluding hydrogens is 285 g/mol. The summed E-state index contributed by atoms with van der Waals surface area (Å²) in [7, 11) is 0. The third-order valence-electron chi connectivity index (χ3n) is 2.78. The molecule has 0 fully saturated rings. The number of nitrogens with zero attached hydrogens (tertiary/aromatic N) is 1. The second kappa shape index (κ2) is 4.68. The van der Waals surface area contributed by atoms with E-state index in [1.807, 2.05) is 17.5 Å². The van der Waals surface area contributed by atoms with Gasteiger partial charge in [0, 0.05) is 10.4 Å². The standard InChI is InChI=1S/C13H9ClFN3S/c14-11-7(3-1-4-8(11)15)12-10(13(16)18-17-12)9-5-2-6-19-9/h1-6H,(H3,16,17,18). The zero-order valence-electron chi connectivity index (χ0n) is 9.65. The lowest BCUT2D eigenvalue weighted by molar-refractivity contribution is 0.628. The highest BCUT2D eigenvalue weighted by molar-refractivity contribution is 7.13. The van der Waals surface area contributed by atoms with Crippen molar-refractivity contribution in [3.8, 4) is 21.7 Å². The maximum Gasteiger partial charge on any atom is 0.154 e. The Labute approximate surface area is 117 Å². The molecule has 6 heteroatoms. The van der Waals surface area contributed by atoms with Crippen LogP contribution in [-0.4, -0.2) is 10.2 Å². The number of nitrogen functional groups attached to an aromatic ring is 1. The van der Waals surface area contributed by atoms with E-state index in [4.69, 9.17) is 17.3 Å². The van der Waals surface area contributed by atoms with Crippen molar-refractivity contribution in [3.63, 3.8) is 0 Å². The van der Waals surface area contributed by atoms with Crippen LogP contribution in [0.25, 0.3) is 21.7 Å². The lowest BCUT2D eigenvalue weighted by Gasteiger charge is -2.05. The molecule has 3 N–H and O–H groups in total. The monoisotopic (exact) mass is 293 g/mol. The molecular formula is C13H9ClFN3S. The Bertz CT molecular complexity index is 722. The van der Waals surface area contributed by atoms with Crippen LogP contribution in [0.1, 0.15) is 0 Å². The second-order valence-corrected chi connectivity index (χ2v) is 5.26. The molecule has 0 atom stereocenters. The first-order valence-electron chi connectivity index (χ1n) is 5.50. The van der Waals surface area contributed by atoms with Gasteiger partial charge in [-0.05, 0) is 17.5 Å². The Morgan fingerprint density at radius 1 is 1.26 bits per heavy atom. The predicted molar refractivity (Wildman–Crippen MR) is 76.7 cm³/mol. The normalized spacial score (nSPS) is 10.8. The van der Waals surface area contributed by atoms with Gasteiger partial charge in [-0.25, -0.2) is 4.39 Å². The summed E-state index contributed by atoms with van der Waals surface area (Å²) in [6, 6.07) is 8.50. The van der Waals surface area contributed by atoms with E-state index in [1.54, 1.807) is 12.1 Å². The largest absolute Gasteiger partial charge is 0.382 e. The average molecular weight is 294 g/mol. The number of halogens is 2. The van der Waals surface area contributed by atoms with Crippen molar-refractivity contribution < 1.29 is 4.39 Å². The van der Waals surface area contributed by atoms with Crippen LogP contribution < -0.4 is 5.73 Å². The van der Waals surface area contributed by atoms with E-state index in [0.29, 0.717) is 17.1 Å². The van der Waals surface area contributed by atoms with E-state index < -0.39 is 5.82 Å². The maximum atomic E-state index is 13.6. The van der Waals surface area contributed by atoms with Crippen molar-refractivity contribution in [2.75, 3.05) is 5.73 Å². The van der Waals surface area contributed by atoms with Crippen LogP contribution in [0.4, 0.5) is 10.2 Å². The van der Waals surface area contributed by atoms with Gasteiger partial charge in [-0.2, -0.15) is 5.10 Å². The summed E-state index contributed by atoms with van der Waals surface area (Å²) in [5.41, 5.74) is 7.82. The summed E-state index contributed by atoms with van der Waals surface area (Å²) in [5, 5.41) is 8.83. The molecule has 0 aliphatic heterocycles.